The van der Waals surface area contributed by atoms with Crippen molar-refractivity contribution in [1.29, 1.82) is 0 Å². The van der Waals surface area contributed by atoms with E-state index < -0.39 is 0 Å². The Bertz CT molecular complexity index is 220. The first-order valence-corrected chi connectivity index (χ1v) is 6.46. The highest BCUT2D eigenvalue weighted by Gasteiger charge is 2.25. The molecular weight excluding hydrogens is 202 g/mol. The summed E-state index contributed by atoms with van der Waals surface area (Å²) in [6, 6.07) is 0. The minimum Gasteiger partial charge on any atom is -0.358 e. The fourth-order valence-corrected chi connectivity index (χ4v) is 1.86. The minimum atomic E-state index is -0.282. The molecule has 3 heteroatoms. The van der Waals surface area contributed by atoms with Crippen molar-refractivity contribution >= 4 is 5.91 Å². The Morgan fingerprint density at radius 3 is 2.50 bits per heavy atom. The van der Waals surface area contributed by atoms with Crippen molar-refractivity contribution in [2.24, 2.45) is 5.41 Å². The number of carbonyl (C=O) groups is 1. The topological polar surface area (TPSA) is 38.3 Å². The third-order valence-electron chi connectivity index (χ3n) is 3.60. The molecule has 0 aromatic carbocycles. The van der Waals surface area contributed by atoms with Crippen LogP contribution in [0.25, 0.3) is 0 Å². The first-order valence-electron chi connectivity index (χ1n) is 6.46. The lowest BCUT2D eigenvalue weighted by molar-refractivity contribution is -0.132. The lowest BCUT2D eigenvalue weighted by Gasteiger charge is -2.25. The number of amides is 1. The summed E-state index contributed by atoms with van der Waals surface area (Å²) in [5.41, 5.74) is -0.282. The number of ether oxygens (including phenoxy) is 1. The van der Waals surface area contributed by atoms with Crippen molar-refractivity contribution in [2.45, 2.75) is 65.4 Å². The molecule has 0 saturated heterocycles. The van der Waals surface area contributed by atoms with Crippen LogP contribution >= 0.6 is 0 Å². The van der Waals surface area contributed by atoms with Crippen LogP contribution in [0.3, 0.4) is 0 Å². The van der Waals surface area contributed by atoms with E-state index in [0.717, 1.165) is 19.3 Å². The van der Waals surface area contributed by atoms with Gasteiger partial charge in [0, 0.05) is 5.41 Å². The van der Waals surface area contributed by atoms with E-state index in [2.05, 4.69) is 5.32 Å². The second-order valence-corrected chi connectivity index (χ2v) is 5.31. The van der Waals surface area contributed by atoms with E-state index in [1.54, 1.807) is 0 Å². The van der Waals surface area contributed by atoms with Crippen molar-refractivity contribution < 1.29 is 9.53 Å². The highest BCUT2D eigenvalue weighted by molar-refractivity contribution is 5.81. The average molecular weight is 227 g/mol. The fraction of sp³-hybridized carbons (Fsp3) is 0.923. The number of hydrogen-bond acceptors (Lipinski definition) is 2. The Morgan fingerprint density at radius 1 is 1.31 bits per heavy atom. The molecule has 1 aliphatic rings. The Morgan fingerprint density at radius 2 is 1.94 bits per heavy atom. The normalized spacial score (nSPS) is 18.4. The molecule has 1 fully saturated rings. The Kier molecular flexibility index (Phi) is 5.26. The molecule has 0 aromatic heterocycles. The third kappa shape index (κ3) is 4.12. The lowest BCUT2D eigenvalue weighted by Crippen LogP contribution is -2.38. The summed E-state index contributed by atoms with van der Waals surface area (Å²) >= 11 is 0. The number of nitrogens with one attached hydrogen (secondary N) is 1. The summed E-state index contributed by atoms with van der Waals surface area (Å²) < 4.78 is 5.66. The maximum absolute atomic E-state index is 11.7. The number of rotatable bonds is 5. The van der Waals surface area contributed by atoms with Gasteiger partial charge in [0.1, 0.15) is 6.73 Å². The fourth-order valence-electron chi connectivity index (χ4n) is 1.86. The van der Waals surface area contributed by atoms with Gasteiger partial charge in [-0.25, -0.2) is 0 Å². The van der Waals surface area contributed by atoms with Gasteiger partial charge in [0.05, 0.1) is 6.10 Å². The molecule has 94 valence electrons. The van der Waals surface area contributed by atoms with E-state index in [9.17, 15) is 4.79 Å². The molecule has 16 heavy (non-hydrogen) atoms. The van der Waals surface area contributed by atoms with Gasteiger partial charge in [-0.3, -0.25) is 4.79 Å². The molecule has 0 radical (unpaired) electrons. The van der Waals surface area contributed by atoms with Gasteiger partial charge in [-0.1, -0.05) is 40.0 Å². The van der Waals surface area contributed by atoms with Gasteiger partial charge >= 0.3 is 0 Å². The highest BCUT2D eigenvalue weighted by Crippen LogP contribution is 2.21. The van der Waals surface area contributed by atoms with Crippen LogP contribution < -0.4 is 5.32 Å². The zero-order valence-electron chi connectivity index (χ0n) is 10.8. The van der Waals surface area contributed by atoms with Gasteiger partial charge in [-0.15, -0.1) is 0 Å². The van der Waals surface area contributed by atoms with E-state index in [1.165, 1.54) is 19.3 Å². The van der Waals surface area contributed by atoms with Crippen LogP contribution in [-0.2, 0) is 9.53 Å². The molecular formula is C13H25NO2. The summed E-state index contributed by atoms with van der Waals surface area (Å²) in [5.74, 6) is 0.0887. The predicted molar refractivity (Wildman–Crippen MR) is 65.0 cm³/mol. The second kappa shape index (κ2) is 6.24. The summed E-state index contributed by atoms with van der Waals surface area (Å²) in [5, 5.41) is 2.86. The number of carbonyl (C=O) groups excluding carboxylic acids is 1. The van der Waals surface area contributed by atoms with Gasteiger partial charge in [0.2, 0.25) is 5.91 Å². The minimum absolute atomic E-state index is 0.0887. The van der Waals surface area contributed by atoms with Crippen molar-refractivity contribution in [1.82, 2.24) is 5.32 Å². The van der Waals surface area contributed by atoms with Crippen molar-refractivity contribution in [2.75, 3.05) is 6.73 Å². The van der Waals surface area contributed by atoms with Crippen molar-refractivity contribution in [3.8, 4) is 0 Å². The second-order valence-electron chi connectivity index (χ2n) is 5.31. The van der Waals surface area contributed by atoms with Crippen LogP contribution in [0.5, 0.6) is 0 Å². The molecule has 1 aliphatic carbocycles. The summed E-state index contributed by atoms with van der Waals surface area (Å²) in [6.07, 6.45) is 7.36. The third-order valence-corrected chi connectivity index (χ3v) is 3.60. The smallest absolute Gasteiger partial charge is 0.227 e. The van der Waals surface area contributed by atoms with E-state index in [-0.39, 0.29) is 11.3 Å². The SMILES string of the molecule is CCC(C)(C)C(=O)NCOC1CCCCC1. The van der Waals surface area contributed by atoms with Crippen LogP contribution in [0.2, 0.25) is 0 Å². The van der Waals surface area contributed by atoms with Crippen molar-refractivity contribution in [3.63, 3.8) is 0 Å². The van der Waals surface area contributed by atoms with Crippen LogP contribution in [0.1, 0.15) is 59.3 Å². The van der Waals surface area contributed by atoms with Crippen molar-refractivity contribution in [3.05, 3.63) is 0 Å². The monoisotopic (exact) mass is 227 g/mol. The largest absolute Gasteiger partial charge is 0.358 e. The Hall–Kier alpha value is -0.570. The summed E-state index contributed by atoms with van der Waals surface area (Å²) in [6.45, 7) is 6.32. The zero-order valence-corrected chi connectivity index (χ0v) is 10.8. The quantitative estimate of drug-likeness (QED) is 0.733. The van der Waals surface area contributed by atoms with Gasteiger partial charge in [0.25, 0.3) is 0 Å². The highest BCUT2D eigenvalue weighted by atomic mass is 16.5. The molecule has 0 heterocycles. The van der Waals surface area contributed by atoms with E-state index >= 15 is 0 Å². The molecule has 3 nitrogen and oxygen atoms in total. The predicted octanol–water partition coefficient (Wildman–Crippen LogP) is 2.85. The Balaban J connectivity index is 2.17. The van der Waals surface area contributed by atoms with Gasteiger partial charge < -0.3 is 10.1 Å². The van der Waals surface area contributed by atoms with Gasteiger partial charge in [-0.05, 0) is 19.3 Å². The lowest BCUT2D eigenvalue weighted by atomic mass is 9.89. The first-order chi connectivity index (χ1) is 7.56. The maximum Gasteiger partial charge on any atom is 0.227 e. The van der Waals surface area contributed by atoms with E-state index in [4.69, 9.17) is 4.74 Å². The summed E-state index contributed by atoms with van der Waals surface area (Å²) in [7, 11) is 0. The van der Waals surface area contributed by atoms with Crippen LogP contribution in [0.15, 0.2) is 0 Å². The zero-order chi connectivity index (χ0) is 12.0. The molecule has 0 aromatic rings. The molecule has 0 bridgehead atoms. The number of hydrogen-bond donors (Lipinski definition) is 1. The van der Waals surface area contributed by atoms with Crippen LogP contribution in [0.4, 0.5) is 0 Å². The Labute approximate surface area is 98.9 Å². The van der Waals surface area contributed by atoms with Gasteiger partial charge in [-0.2, -0.15) is 0 Å². The summed E-state index contributed by atoms with van der Waals surface area (Å²) in [4.78, 5) is 11.7. The molecule has 0 atom stereocenters. The van der Waals surface area contributed by atoms with E-state index in [1.807, 2.05) is 20.8 Å². The molecule has 1 saturated carbocycles. The maximum atomic E-state index is 11.7. The average Bonchev–Trinajstić information content (AvgIpc) is 2.30. The van der Waals surface area contributed by atoms with Crippen LogP contribution in [-0.4, -0.2) is 18.7 Å². The first kappa shape index (κ1) is 13.5. The molecule has 0 aliphatic heterocycles. The molecule has 0 unspecified atom stereocenters. The molecule has 1 rings (SSSR count). The molecule has 0 spiro atoms. The van der Waals surface area contributed by atoms with E-state index in [0.29, 0.717) is 12.8 Å². The van der Waals surface area contributed by atoms with Crippen LogP contribution in [0, 0.1) is 5.41 Å². The molecule has 1 N–H and O–H groups in total. The standard InChI is InChI=1S/C13H25NO2/c1-4-13(2,3)12(15)14-10-16-11-8-6-5-7-9-11/h11H,4-10H2,1-3H3,(H,14,15). The molecule has 1 amide bonds. The van der Waals surface area contributed by atoms with Gasteiger partial charge in [0.15, 0.2) is 0 Å².